The summed E-state index contributed by atoms with van der Waals surface area (Å²) in [5.41, 5.74) is 0. The van der Waals surface area contributed by atoms with Gasteiger partial charge in [0, 0.05) is 19.0 Å². The topological polar surface area (TPSA) is 38.3 Å². The lowest BCUT2D eigenvalue weighted by Gasteiger charge is -2.06. The normalized spacial score (nSPS) is 16.5. The molecule has 0 amide bonds. The maximum atomic E-state index is 11.2. The number of Topliss-reactive ketones (excluding diaryl/α,β-unsaturated/α-hetero) is 1. The second-order valence-corrected chi connectivity index (χ2v) is 3.88. The van der Waals surface area contributed by atoms with Crippen LogP contribution in [0.3, 0.4) is 0 Å². The van der Waals surface area contributed by atoms with Gasteiger partial charge in [-0.15, -0.1) is 0 Å². The summed E-state index contributed by atoms with van der Waals surface area (Å²) in [5, 5.41) is 3.30. The lowest BCUT2D eigenvalue weighted by Crippen LogP contribution is -2.22. The molecule has 0 aliphatic heterocycles. The van der Waals surface area contributed by atoms with E-state index in [9.17, 15) is 4.79 Å². The second kappa shape index (κ2) is 5.35. The van der Waals surface area contributed by atoms with E-state index in [2.05, 4.69) is 5.32 Å². The summed E-state index contributed by atoms with van der Waals surface area (Å²) in [6.45, 7) is 4.96. The minimum Gasteiger partial charge on any atom is -0.371 e. The molecule has 1 N–H and O–H groups in total. The maximum Gasteiger partial charge on any atom is 0.159 e. The molecular weight excluding hydrogens is 166 g/mol. The largest absolute Gasteiger partial charge is 0.371 e. The van der Waals surface area contributed by atoms with Crippen LogP contribution in [0.5, 0.6) is 0 Å². The van der Waals surface area contributed by atoms with E-state index in [1.54, 1.807) is 0 Å². The van der Waals surface area contributed by atoms with Crippen LogP contribution in [0.25, 0.3) is 0 Å². The molecule has 1 aliphatic carbocycles. The lowest BCUT2D eigenvalue weighted by atomic mass is 10.3. The molecule has 0 bridgehead atoms. The monoisotopic (exact) mass is 185 g/mol. The molecule has 1 fully saturated rings. The third-order valence-electron chi connectivity index (χ3n) is 1.99. The zero-order valence-corrected chi connectivity index (χ0v) is 8.51. The quantitative estimate of drug-likeness (QED) is 0.646. The fourth-order valence-corrected chi connectivity index (χ4v) is 1.03. The summed E-state index contributed by atoms with van der Waals surface area (Å²) in [5.74, 6) is 0.196. The summed E-state index contributed by atoms with van der Waals surface area (Å²) in [6.07, 6.45) is 3.30. The Morgan fingerprint density at radius 1 is 1.54 bits per heavy atom. The van der Waals surface area contributed by atoms with Crippen molar-refractivity contribution in [1.29, 1.82) is 0 Å². The fourth-order valence-electron chi connectivity index (χ4n) is 1.03. The van der Waals surface area contributed by atoms with Crippen LogP contribution < -0.4 is 5.32 Å². The predicted molar refractivity (Wildman–Crippen MR) is 51.7 cm³/mol. The molecule has 0 aromatic heterocycles. The number of hydrogen-bond donors (Lipinski definition) is 1. The average Bonchev–Trinajstić information content (AvgIpc) is 2.84. The highest BCUT2D eigenvalue weighted by Crippen LogP contribution is 2.18. The molecule has 1 rings (SSSR count). The maximum absolute atomic E-state index is 11.2. The SMILES string of the molecule is CC(C)OCC(=O)CCNC1CC1. The minimum atomic E-state index is 0.153. The molecule has 76 valence electrons. The zero-order valence-electron chi connectivity index (χ0n) is 8.51. The van der Waals surface area contributed by atoms with Gasteiger partial charge in [0.2, 0.25) is 0 Å². The summed E-state index contributed by atoms with van der Waals surface area (Å²) < 4.78 is 5.20. The van der Waals surface area contributed by atoms with Gasteiger partial charge in [-0.25, -0.2) is 0 Å². The van der Waals surface area contributed by atoms with Crippen LogP contribution in [-0.4, -0.2) is 31.1 Å². The van der Waals surface area contributed by atoms with Crippen molar-refractivity contribution < 1.29 is 9.53 Å². The van der Waals surface area contributed by atoms with Gasteiger partial charge < -0.3 is 10.1 Å². The van der Waals surface area contributed by atoms with Gasteiger partial charge >= 0.3 is 0 Å². The summed E-state index contributed by atoms with van der Waals surface area (Å²) in [6, 6.07) is 0.693. The zero-order chi connectivity index (χ0) is 9.68. The van der Waals surface area contributed by atoms with Crippen LogP contribution in [0.4, 0.5) is 0 Å². The fraction of sp³-hybridized carbons (Fsp3) is 0.900. The van der Waals surface area contributed by atoms with Crippen molar-refractivity contribution in [3.63, 3.8) is 0 Å². The van der Waals surface area contributed by atoms with E-state index in [0.29, 0.717) is 12.5 Å². The molecule has 3 heteroatoms. The molecule has 1 aliphatic rings. The minimum absolute atomic E-state index is 0.153. The first-order valence-corrected chi connectivity index (χ1v) is 5.05. The Balaban J connectivity index is 1.90. The standard InChI is InChI=1S/C10H19NO2/c1-8(2)13-7-10(12)5-6-11-9-3-4-9/h8-9,11H,3-7H2,1-2H3. The van der Waals surface area contributed by atoms with Crippen molar-refractivity contribution >= 4 is 5.78 Å². The average molecular weight is 185 g/mol. The molecule has 1 saturated carbocycles. The number of carbonyl (C=O) groups excluding carboxylic acids is 1. The predicted octanol–water partition coefficient (Wildman–Crippen LogP) is 1.12. The molecule has 13 heavy (non-hydrogen) atoms. The van der Waals surface area contributed by atoms with Gasteiger partial charge in [-0.05, 0) is 26.7 Å². The highest BCUT2D eigenvalue weighted by Gasteiger charge is 2.19. The number of nitrogens with one attached hydrogen (secondary N) is 1. The molecule has 3 nitrogen and oxygen atoms in total. The Labute approximate surface area is 79.8 Å². The molecular formula is C10H19NO2. The molecule has 0 heterocycles. The van der Waals surface area contributed by atoms with Crippen molar-refractivity contribution in [2.24, 2.45) is 0 Å². The number of rotatable bonds is 7. The van der Waals surface area contributed by atoms with Gasteiger partial charge in [-0.1, -0.05) is 0 Å². The summed E-state index contributed by atoms with van der Waals surface area (Å²) >= 11 is 0. The van der Waals surface area contributed by atoms with Gasteiger partial charge in [-0.3, -0.25) is 4.79 Å². The number of ether oxygens (including phenoxy) is 1. The van der Waals surface area contributed by atoms with Gasteiger partial charge in [0.25, 0.3) is 0 Å². The van der Waals surface area contributed by atoms with Crippen LogP contribution in [0.15, 0.2) is 0 Å². The van der Waals surface area contributed by atoms with E-state index < -0.39 is 0 Å². The third-order valence-corrected chi connectivity index (χ3v) is 1.99. The molecule has 0 saturated heterocycles. The second-order valence-electron chi connectivity index (χ2n) is 3.88. The van der Waals surface area contributed by atoms with Gasteiger partial charge in [0.05, 0.1) is 6.10 Å². The van der Waals surface area contributed by atoms with Crippen LogP contribution in [0, 0.1) is 0 Å². The molecule has 0 atom stereocenters. The van der Waals surface area contributed by atoms with E-state index >= 15 is 0 Å². The van der Waals surface area contributed by atoms with Crippen molar-refractivity contribution in [2.75, 3.05) is 13.2 Å². The molecule has 0 radical (unpaired) electrons. The first kappa shape index (κ1) is 10.7. The van der Waals surface area contributed by atoms with E-state index in [1.165, 1.54) is 12.8 Å². The van der Waals surface area contributed by atoms with E-state index in [1.807, 2.05) is 13.8 Å². The van der Waals surface area contributed by atoms with Crippen molar-refractivity contribution in [3.8, 4) is 0 Å². The lowest BCUT2D eigenvalue weighted by molar-refractivity contribution is -0.124. The van der Waals surface area contributed by atoms with E-state index in [0.717, 1.165) is 6.54 Å². The van der Waals surface area contributed by atoms with Crippen LogP contribution in [0.2, 0.25) is 0 Å². The first-order valence-electron chi connectivity index (χ1n) is 5.05. The van der Waals surface area contributed by atoms with Crippen molar-refractivity contribution in [2.45, 2.75) is 45.3 Å². The Kier molecular flexibility index (Phi) is 4.39. The van der Waals surface area contributed by atoms with Crippen molar-refractivity contribution in [3.05, 3.63) is 0 Å². The highest BCUT2D eigenvalue weighted by atomic mass is 16.5. The number of hydrogen-bond acceptors (Lipinski definition) is 3. The molecule has 0 aromatic carbocycles. The highest BCUT2D eigenvalue weighted by molar-refractivity contribution is 5.79. The smallest absolute Gasteiger partial charge is 0.159 e. The summed E-state index contributed by atoms with van der Waals surface area (Å²) in [7, 11) is 0. The Bertz CT molecular complexity index is 164. The van der Waals surface area contributed by atoms with Gasteiger partial charge in [-0.2, -0.15) is 0 Å². The Morgan fingerprint density at radius 3 is 2.77 bits per heavy atom. The molecule has 0 spiro atoms. The van der Waals surface area contributed by atoms with Crippen molar-refractivity contribution in [1.82, 2.24) is 5.32 Å². The van der Waals surface area contributed by atoms with Crippen LogP contribution in [0.1, 0.15) is 33.1 Å². The Hall–Kier alpha value is -0.410. The third kappa shape index (κ3) is 5.77. The Morgan fingerprint density at radius 2 is 2.23 bits per heavy atom. The number of ketones is 1. The summed E-state index contributed by atoms with van der Waals surface area (Å²) in [4.78, 5) is 11.2. The van der Waals surface area contributed by atoms with Gasteiger partial charge in [0.1, 0.15) is 6.61 Å². The van der Waals surface area contributed by atoms with Crippen LogP contribution in [-0.2, 0) is 9.53 Å². The van der Waals surface area contributed by atoms with E-state index in [4.69, 9.17) is 4.74 Å². The molecule has 0 aromatic rings. The number of carbonyl (C=O) groups is 1. The van der Waals surface area contributed by atoms with Crippen LogP contribution >= 0.6 is 0 Å². The van der Waals surface area contributed by atoms with Gasteiger partial charge in [0.15, 0.2) is 5.78 Å². The first-order chi connectivity index (χ1) is 6.18. The van der Waals surface area contributed by atoms with E-state index in [-0.39, 0.29) is 18.5 Å². The molecule has 0 unspecified atom stereocenters.